The summed E-state index contributed by atoms with van der Waals surface area (Å²) in [5, 5.41) is 0.584. The molecule has 184 valence electrons. The van der Waals surface area contributed by atoms with Crippen LogP contribution in [0.25, 0.3) is 33.1 Å². The fraction of sp³-hybridized carbons (Fsp3) is 0.0800. The number of benzene rings is 2. The summed E-state index contributed by atoms with van der Waals surface area (Å²) in [6, 6.07) is 4.93. The van der Waals surface area contributed by atoms with Crippen LogP contribution in [0.15, 0.2) is 42.7 Å². The number of fused-ring (bicyclic) bond motifs is 2. The molecule has 11 heteroatoms. The molecule has 0 fully saturated rings. The van der Waals surface area contributed by atoms with Crippen LogP contribution in [0.3, 0.4) is 0 Å². The average Bonchev–Trinajstić information content (AvgIpc) is 2.79. The van der Waals surface area contributed by atoms with Gasteiger partial charge in [0.15, 0.2) is 0 Å². The van der Waals surface area contributed by atoms with Crippen LogP contribution < -0.4 is 0 Å². The molecule has 0 unspecified atom stereocenters. The molecule has 0 bridgehead atoms. The van der Waals surface area contributed by atoms with E-state index >= 15 is 0 Å². The first-order valence-electron chi connectivity index (χ1n) is 10.1. The van der Waals surface area contributed by atoms with Crippen molar-refractivity contribution in [1.82, 2.24) is 15.0 Å². The summed E-state index contributed by atoms with van der Waals surface area (Å²) >= 11 is 17.8. The second-order valence-electron chi connectivity index (χ2n) is 7.70. The van der Waals surface area contributed by atoms with E-state index in [2.05, 4.69) is 15.0 Å². The molecule has 0 aliphatic heterocycles. The van der Waals surface area contributed by atoms with Gasteiger partial charge in [-0.3, -0.25) is 4.98 Å². The van der Waals surface area contributed by atoms with Gasteiger partial charge >= 0.3 is 0 Å². The van der Waals surface area contributed by atoms with Crippen molar-refractivity contribution in [1.29, 1.82) is 0 Å². The molecule has 0 radical (unpaired) electrons. The third kappa shape index (κ3) is 4.93. The number of hydrogen-bond acceptors (Lipinski definition) is 3. The number of pyridine rings is 3. The zero-order chi connectivity index (χ0) is 26.3. The summed E-state index contributed by atoms with van der Waals surface area (Å²) in [7, 11) is 0. The Labute approximate surface area is 216 Å². The van der Waals surface area contributed by atoms with Gasteiger partial charge in [0.25, 0.3) is 0 Å². The highest BCUT2D eigenvalue weighted by molar-refractivity contribution is 6.39. The summed E-state index contributed by atoms with van der Waals surface area (Å²) in [5.41, 5.74) is 1.87. The first kappa shape index (κ1) is 26.0. The SMILES string of the molecule is Cc1c(-c2cncc(F)c2)nc2cc(F)cc(F)c2c1Cl.Cc1c(Cl)nc2cc(F)cc(F)c2c1Cl. The Morgan fingerprint density at radius 2 is 1.14 bits per heavy atom. The zero-order valence-electron chi connectivity index (χ0n) is 18.4. The van der Waals surface area contributed by atoms with E-state index < -0.39 is 29.1 Å². The normalized spacial score (nSPS) is 11.1. The summed E-state index contributed by atoms with van der Waals surface area (Å²) < 4.78 is 66.8. The lowest BCUT2D eigenvalue weighted by Gasteiger charge is -2.11. The van der Waals surface area contributed by atoms with Crippen molar-refractivity contribution in [2.45, 2.75) is 13.8 Å². The molecule has 0 amide bonds. The smallest absolute Gasteiger partial charge is 0.142 e. The lowest BCUT2D eigenvalue weighted by Crippen LogP contribution is -1.96. The van der Waals surface area contributed by atoms with E-state index in [-0.39, 0.29) is 37.0 Å². The van der Waals surface area contributed by atoms with Crippen LogP contribution in [0, 0.1) is 42.9 Å². The minimum atomic E-state index is -0.783. The van der Waals surface area contributed by atoms with Crippen molar-refractivity contribution >= 4 is 56.6 Å². The van der Waals surface area contributed by atoms with Crippen molar-refractivity contribution < 1.29 is 22.0 Å². The maximum atomic E-state index is 13.8. The van der Waals surface area contributed by atoms with Crippen molar-refractivity contribution in [3.05, 3.63) is 98.1 Å². The van der Waals surface area contributed by atoms with E-state index in [4.69, 9.17) is 34.8 Å². The van der Waals surface area contributed by atoms with E-state index in [9.17, 15) is 22.0 Å². The molecule has 0 saturated carbocycles. The average molecular weight is 557 g/mol. The largest absolute Gasteiger partial charge is 0.261 e. The van der Waals surface area contributed by atoms with Gasteiger partial charge in [-0.05, 0) is 25.5 Å². The molecular formula is C25H13Cl3F5N3. The van der Waals surface area contributed by atoms with Crippen molar-refractivity contribution in [3.63, 3.8) is 0 Å². The Morgan fingerprint density at radius 1 is 0.611 bits per heavy atom. The van der Waals surface area contributed by atoms with Crippen LogP contribution in [0.4, 0.5) is 22.0 Å². The van der Waals surface area contributed by atoms with Gasteiger partial charge in [-0.1, -0.05) is 34.8 Å². The molecule has 0 saturated heterocycles. The third-order valence-corrected chi connectivity index (χ3v) is 6.57. The molecule has 2 aromatic carbocycles. The summed E-state index contributed by atoms with van der Waals surface area (Å²) in [6.07, 6.45) is 2.47. The Morgan fingerprint density at radius 3 is 1.69 bits per heavy atom. The molecule has 3 aromatic heterocycles. The topological polar surface area (TPSA) is 38.7 Å². The third-order valence-electron chi connectivity index (χ3n) is 5.26. The van der Waals surface area contributed by atoms with Crippen molar-refractivity contribution in [2.75, 3.05) is 0 Å². The summed E-state index contributed by atoms with van der Waals surface area (Å²) in [6.45, 7) is 3.26. The minimum Gasteiger partial charge on any atom is -0.261 e. The molecule has 5 rings (SSSR count). The first-order chi connectivity index (χ1) is 17.0. The van der Waals surface area contributed by atoms with Crippen LogP contribution in [-0.4, -0.2) is 15.0 Å². The highest BCUT2D eigenvalue weighted by atomic mass is 35.5. The number of hydrogen-bond donors (Lipinski definition) is 0. The zero-order valence-corrected chi connectivity index (χ0v) is 20.7. The van der Waals surface area contributed by atoms with E-state index in [1.54, 1.807) is 13.8 Å². The second-order valence-corrected chi connectivity index (χ2v) is 8.81. The number of halogens is 8. The quantitative estimate of drug-likeness (QED) is 0.153. The van der Waals surface area contributed by atoms with Gasteiger partial charge in [0.2, 0.25) is 0 Å². The molecule has 0 spiro atoms. The molecule has 0 N–H and O–H groups in total. The Balaban J connectivity index is 0.000000179. The van der Waals surface area contributed by atoms with Crippen molar-refractivity contribution in [3.8, 4) is 11.3 Å². The molecular weight excluding hydrogens is 544 g/mol. The van der Waals surface area contributed by atoms with E-state index in [0.29, 0.717) is 22.4 Å². The Hall–Kier alpha value is -3.07. The predicted octanol–water partition coefficient (Wildman–Crippen LogP) is 8.80. The van der Waals surface area contributed by atoms with Gasteiger partial charge < -0.3 is 0 Å². The van der Waals surface area contributed by atoms with Gasteiger partial charge in [-0.25, -0.2) is 31.9 Å². The fourth-order valence-electron chi connectivity index (χ4n) is 3.52. The predicted molar refractivity (Wildman–Crippen MR) is 131 cm³/mol. The first-order valence-corrected chi connectivity index (χ1v) is 11.3. The maximum absolute atomic E-state index is 13.8. The van der Waals surface area contributed by atoms with E-state index in [0.717, 1.165) is 30.5 Å². The fourth-order valence-corrected chi connectivity index (χ4v) is 4.30. The highest BCUT2D eigenvalue weighted by Gasteiger charge is 2.17. The standard InChI is InChI=1S/C15H8ClF3N2.C10H5Cl2F2N/c1-7-14(16)13-11(19)3-9(17)4-12(13)21-15(7)8-2-10(18)6-20-5-8;1-4-9(11)8-6(14)2-5(13)3-7(8)15-10(4)12/h2-6H,1H3;2-3H,1H3. The maximum Gasteiger partial charge on any atom is 0.142 e. The Bertz CT molecular complexity index is 1660. The molecule has 0 atom stereocenters. The molecule has 5 aromatic rings. The number of nitrogens with zero attached hydrogens (tertiary/aromatic N) is 3. The van der Waals surface area contributed by atoms with Crippen LogP contribution in [-0.2, 0) is 0 Å². The minimum absolute atomic E-state index is 0.0451. The number of rotatable bonds is 1. The molecule has 0 aliphatic rings. The molecule has 3 nitrogen and oxygen atoms in total. The molecule has 36 heavy (non-hydrogen) atoms. The van der Waals surface area contributed by atoms with Crippen LogP contribution in [0.1, 0.15) is 11.1 Å². The Kier molecular flexibility index (Phi) is 7.31. The van der Waals surface area contributed by atoms with Gasteiger partial charge in [0, 0.05) is 41.6 Å². The monoisotopic (exact) mass is 555 g/mol. The van der Waals surface area contributed by atoms with Crippen molar-refractivity contribution in [2.24, 2.45) is 0 Å². The van der Waals surface area contributed by atoms with Gasteiger partial charge in [0.1, 0.15) is 34.2 Å². The lowest BCUT2D eigenvalue weighted by atomic mass is 10.0. The molecule has 0 aliphatic carbocycles. The van der Waals surface area contributed by atoms with Gasteiger partial charge in [-0.2, -0.15) is 0 Å². The van der Waals surface area contributed by atoms with E-state index in [1.807, 2.05) is 0 Å². The lowest BCUT2D eigenvalue weighted by molar-refractivity contribution is 0.590. The van der Waals surface area contributed by atoms with Gasteiger partial charge in [-0.15, -0.1) is 0 Å². The molecule has 3 heterocycles. The van der Waals surface area contributed by atoms with Crippen LogP contribution in [0.5, 0.6) is 0 Å². The van der Waals surface area contributed by atoms with Crippen LogP contribution in [0.2, 0.25) is 15.2 Å². The van der Waals surface area contributed by atoms with Crippen LogP contribution >= 0.6 is 34.8 Å². The number of aromatic nitrogens is 3. The highest BCUT2D eigenvalue weighted by Crippen LogP contribution is 2.35. The summed E-state index contributed by atoms with van der Waals surface area (Å²) in [5.74, 6) is -3.51. The van der Waals surface area contributed by atoms with Gasteiger partial charge in [0.05, 0.1) is 43.7 Å². The van der Waals surface area contributed by atoms with E-state index in [1.165, 1.54) is 12.3 Å². The summed E-state index contributed by atoms with van der Waals surface area (Å²) in [4.78, 5) is 11.8. The second kappa shape index (κ2) is 10.1.